The molecule has 0 saturated carbocycles. The van der Waals surface area contributed by atoms with Gasteiger partial charge in [-0.15, -0.1) is 0 Å². The van der Waals surface area contributed by atoms with Crippen molar-refractivity contribution < 1.29 is 19.0 Å². The van der Waals surface area contributed by atoms with Gasteiger partial charge in [0.05, 0.1) is 7.11 Å². The van der Waals surface area contributed by atoms with Crippen LogP contribution in [-0.2, 0) is 30.8 Å². The van der Waals surface area contributed by atoms with Gasteiger partial charge in [-0.2, -0.15) is 0 Å². The molecule has 0 aliphatic carbocycles. The summed E-state index contributed by atoms with van der Waals surface area (Å²) in [5.41, 5.74) is 7.18. The van der Waals surface area contributed by atoms with Gasteiger partial charge in [-0.25, -0.2) is 0 Å². The van der Waals surface area contributed by atoms with Crippen LogP contribution >= 0.6 is 0 Å². The molecule has 3 atom stereocenters. The predicted octanol–water partition coefficient (Wildman–Crippen LogP) is 8.03. The van der Waals surface area contributed by atoms with E-state index in [4.69, 9.17) is 14.2 Å². The van der Waals surface area contributed by atoms with E-state index in [-0.39, 0.29) is 11.9 Å². The molecule has 2 aliphatic rings. The second-order valence-corrected chi connectivity index (χ2v) is 13.5. The van der Waals surface area contributed by atoms with Crippen LogP contribution in [0.15, 0.2) is 97.2 Å². The third-order valence-corrected chi connectivity index (χ3v) is 10.5. The van der Waals surface area contributed by atoms with Crippen molar-refractivity contribution in [3.63, 3.8) is 0 Å². The fraction of sp³-hybridized carbons (Fsp3) is 0.357. The highest BCUT2D eigenvalue weighted by atomic mass is 16.5. The maximum atomic E-state index is 13.4. The number of aromatic amines is 1. The number of nitrogens with zero attached hydrogens (tertiary/aromatic N) is 1. The van der Waals surface area contributed by atoms with E-state index in [0.29, 0.717) is 38.0 Å². The molecule has 254 valence electrons. The molecule has 0 unspecified atom stereocenters. The van der Waals surface area contributed by atoms with Gasteiger partial charge in [-0.3, -0.25) is 9.69 Å². The van der Waals surface area contributed by atoms with Crippen molar-refractivity contribution >= 4 is 16.8 Å². The second-order valence-electron chi connectivity index (χ2n) is 13.5. The van der Waals surface area contributed by atoms with Crippen LogP contribution in [-0.4, -0.2) is 42.5 Å². The Labute approximate surface area is 289 Å². The van der Waals surface area contributed by atoms with E-state index >= 15 is 0 Å². The summed E-state index contributed by atoms with van der Waals surface area (Å²) in [6, 6.07) is 31.3. The lowest BCUT2D eigenvalue weighted by atomic mass is 9.74. The van der Waals surface area contributed by atoms with Gasteiger partial charge >= 0.3 is 0 Å². The zero-order valence-corrected chi connectivity index (χ0v) is 28.6. The molecule has 7 heteroatoms. The Morgan fingerprint density at radius 2 is 1.65 bits per heavy atom. The SMILES string of the molecule is CC[C@H]1CN2CCc3cc(OCc4ccccc4)c(OC)cc3[C@@H]2C[C@@H]1CC(=O)NCCc1c[nH]c2ccc(OCc3ccccc3)cc12. The van der Waals surface area contributed by atoms with E-state index < -0.39 is 0 Å². The largest absolute Gasteiger partial charge is 0.493 e. The molecule has 0 spiro atoms. The molecular formula is C42H47N3O4. The molecule has 0 radical (unpaired) electrons. The summed E-state index contributed by atoms with van der Waals surface area (Å²) in [6.45, 7) is 5.96. The van der Waals surface area contributed by atoms with E-state index in [1.165, 1.54) is 16.7 Å². The van der Waals surface area contributed by atoms with Gasteiger partial charge in [0.25, 0.3) is 0 Å². The molecule has 1 fully saturated rings. The summed E-state index contributed by atoms with van der Waals surface area (Å²) in [4.78, 5) is 19.4. The van der Waals surface area contributed by atoms with E-state index in [9.17, 15) is 4.79 Å². The fourth-order valence-corrected chi connectivity index (χ4v) is 7.75. The first kappa shape index (κ1) is 32.8. The standard InChI is InChI=1S/C42H47N3O4/c1-3-31-26-45-19-17-32-21-41(49-28-30-12-8-5-9-13-30)40(47-2)24-37(32)39(45)20-34(31)22-42(46)43-18-16-33-25-44-38-15-14-35(23-36(33)38)48-27-29-10-6-4-7-11-29/h4-15,21,23-25,31,34,39,44H,3,16-20,22,26-28H2,1-2H3,(H,43,46)/t31-,34+,39-/m0/s1. The van der Waals surface area contributed by atoms with Crippen LogP contribution in [0.4, 0.5) is 0 Å². The molecule has 1 aromatic heterocycles. The Morgan fingerprint density at radius 3 is 2.39 bits per heavy atom. The molecule has 7 nitrogen and oxygen atoms in total. The Kier molecular flexibility index (Phi) is 10.2. The van der Waals surface area contributed by atoms with Gasteiger partial charge in [-0.05, 0) is 89.2 Å². The number of carbonyl (C=O) groups excluding carboxylic acids is 1. The lowest BCUT2D eigenvalue weighted by molar-refractivity contribution is -0.123. The predicted molar refractivity (Wildman–Crippen MR) is 194 cm³/mol. The van der Waals surface area contributed by atoms with E-state index in [1.54, 1.807) is 7.11 Å². The van der Waals surface area contributed by atoms with Crippen LogP contribution in [0.25, 0.3) is 10.9 Å². The van der Waals surface area contributed by atoms with Crippen molar-refractivity contribution in [3.05, 3.63) is 125 Å². The third kappa shape index (κ3) is 7.62. The van der Waals surface area contributed by atoms with Gasteiger partial charge in [0.15, 0.2) is 11.5 Å². The van der Waals surface area contributed by atoms with Crippen molar-refractivity contribution in [2.24, 2.45) is 11.8 Å². The molecule has 4 aromatic carbocycles. The van der Waals surface area contributed by atoms with Crippen molar-refractivity contribution in [2.45, 2.75) is 58.3 Å². The topological polar surface area (TPSA) is 75.8 Å². The Hall–Kier alpha value is -4.75. The number of aromatic nitrogens is 1. The van der Waals surface area contributed by atoms with Crippen LogP contribution in [0.2, 0.25) is 0 Å². The first-order valence-electron chi connectivity index (χ1n) is 17.7. The summed E-state index contributed by atoms with van der Waals surface area (Å²) in [6.07, 6.45) is 6.40. The Morgan fingerprint density at radius 1 is 0.898 bits per heavy atom. The summed E-state index contributed by atoms with van der Waals surface area (Å²) < 4.78 is 18.2. The molecule has 0 bridgehead atoms. The van der Waals surface area contributed by atoms with E-state index in [2.05, 4.69) is 70.7 Å². The van der Waals surface area contributed by atoms with Crippen LogP contribution in [0.1, 0.15) is 60.0 Å². The quantitative estimate of drug-likeness (QED) is 0.134. The number of H-pyrrole nitrogens is 1. The molecular weight excluding hydrogens is 610 g/mol. The van der Waals surface area contributed by atoms with Crippen LogP contribution in [0, 0.1) is 11.8 Å². The number of ether oxygens (including phenoxy) is 3. The lowest BCUT2D eigenvalue weighted by Crippen LogP contribution is -2.46. The minimum absolute atomic E-state index is 0.141. The minimum atomic E-state index is 0.141. The number of fused-ring (bicyclic) bond motifs is 4. The maximum absolute atomic E-state index is 13.4. The fourth-order valence-electron chi connectivity index (χ4n) is 7.75. The summed E-state index contributed by atoms with van der Waals surface area (Å²) in [7, 11) is 1.72. The molecule has 2 aliphatic heterocycles. The average Bonchev–Trinajstić information content (AvgIpc) is 3.55. The number of hydrogen-bond donors (Lipinski definition) is 2. The van der Waals surface area contributed by atoms with Gasteiger partial charge in [0.2, 0.25) is 5.91 Å². The van der Waals surface area contributed by atoms with Crippen molar-refractivity contribution in [1.82, 2.24) is 15.2 Å². The number of benzene rings is 4. The lowest BCUT2D eigenvalue weighted by Gasteiger charge is -2.47. The van der Waals surface area contributed by atoms with Crippen molar-refractivity contribution in [3.8, 4) is 17.2 Å². The van der Waals surface area contributed by atoms with E-state index in [0.717, 1.165) is 78.1 Å². The monoisotopic (exact) mass is 657 g/mol. The molecule has 1 saturated heterocycles. The molecule has 1 amide bonds. The van der Waals surface area contributed by atoms with Crippen LogP contribution in [0.3, 0.4) is 0 Å². The van der Waals surface area contributed by atoms with E-state index in [1.807, 2.05) is 48.7 Å². The highest BCUT2D eigenvalue weighted by molar-refractivity contribution is 5.84. The average molecular weight is 658 g/mol. The van der Waals surface area contributed by atoms with Crippen LogP contribution in [0.5, 0.6) is 17.2 Å². The smallest absolute Gasteiger partial charge is 0.220 e. The highest BCUT2D eigenvalue weighted by Gasteiger charge is 2.39. The number of amides is 1. The summed E-state index contributed by atoms with van der Waals surface area (Å²) in [5.74, 6) is 3.38. The molecule has 2 N–H and O–H groups in total. The first-order valence-corrected chi connectivity index (χ1v) is 17.7. The van der Waals surface area contributed by atoms with Gasteiger partial charge in [0, 0.05) is 49.2 Å². The number of carbonyl (C=O) groups is 1. The maximum Gasteiger partial charge on any atom is 0.220 e. The zero-order valence-electron chi connectivity index (χ0n) is 28.6. The Bertz CT molecular complexity index is 1850. The van der Waals surface area contributed by atoms with Crippen molar-refractivity contribution in [2.75, 3.05) is 26.7 Å². The highest BCUT2D eigenvalue weighted by Crippen LogP contribution is 2.46. The van der Waals surface area contributed by atoms with Gasteiger partial charge in [0.1, 0.15) is 19.0 Å². The normalized spacial score (nSPS) is 18.8. The first-order chi connectivity index (χ1) is 24.1. The Balaban J connectivity index is 0.967. The number of piperidine rings is 1. The molecule has 49 heavy (non-hydrogen) atoms. The summed E-state index contributed by atoms with van der Waals surface area (Å²) >= 11 is 0. The van der Waals surface area contributed by atoms with Crippen LogP contribution < -0.4 is 19.5 Å². The number of rotatable bonds is 13. The molecule has 3 heterocycles. The number of hydrogen-bond acceptors (Lipinski definition) is 5. The second kappa shape index (κ2) is 15.2. The van der Waals surface area contributed by atoms with Crippen molar-refractivity contribution in [1.29, 1.82) is 0 Å². The molecule has 7 rings (SSSR count). The number of nitrogens with one attached hydrogen (secondary N) is 2. The summed E-state index contributed by atoms with van der Waals surface area (Å²) in [5, 5.41) is 4.39. The minimum Gasteiger partial charge on any atom is -0.493 e. The number of methoxy groups -OCH3 is 1. The van der Waals surface area contributed by atoms with Gasteiger partial charge < -0.3 is 24.5 Å². The van der Waals surface area contributed by atoms with Gasteiger partial charge in [-0.1, -0.05) is 74.0 Å². The third-order valence-electron chi connectivity index (χ3n) is 10.5. The zero-order chi connectivity index (χ0) is 33.6. The molecule has 5 aromatic rings.